The Kier molecular flexibility index (Phi) is 3.69. The first-order chi connectivity index (χ1) is 9.47. The summed E-state index contributed by atoms with van der Waals surface area (Å²) in [6, 6.07) is 3.51. The van der Waals surface area contributed by atoms with E-state index in [0.717, 1.165) is 18.3 Å². The Balaban J connectivity index is 2.30. The van der Waals surface area contributed by atoms with Gasteiger partial charge >= 0.3 is 5.97 Å². The van der Waals surface area contributed by atoms with Gasteiger partial charge in [-0.3, -0.25) is 9.78 Å². The van der Waals surface area contributed by atoms with Crippen LogP contribution in [0.15, 0.2) is 36.7 Å². The fourth-order valence-electron chi connectivity index (χ4n) is 1.56. The summed E-state index contributed by atoms with van der Waals surface area (Å²) < 4.78 is 26.0. The summed E-state index contributed by atoms with van der Waals surface area (Å²) in [4.78, 5) is 26.5. The number of nitrogens with one attached hydrogen (secondary N) is 1. The Morgan fingerprint density at radius 3 is 2.40 bits per heavy atom. The second kappa shape index (κ2) is 5.43. The molecule has 5 nitrogen and oxygen atoms in total. The molecular weight excluding hydrogens is 270 g/mol. The minimum atomic E-state index is -1.26. The fraction of sp³-hybridized carbons (Fsp3) is 0. The van der Waals surface area contributed by atoms with Crippen LogP contribution < -0.4 is 5.32 Å². The van der Waals surface area contributed by atoms with Crippen molar-refractivity contribution in [3.8, 4) is 0 Å². The van der Waals surface area contributed by atoms with Crippen molar-refractivity contribution >= 4 is 17.6 Å². The molecule has 0 atom stereocenters. The van der Waals surface area contributed by atoms with E-state index in [9.17, 15) is 18.4 Å². The van der Waals surface area contributed by atoms with Gasteiger partial charge in [0.05, 0.1) is 17.4 Å². The van der Waals surface area contributed by atoms with Crippen LogP contribution in [0, 0.1) is 11.6 Å². The lowest BCUT2D eigenvalue weighted by Crippen LogP contribution is -2.15. The lowest BCUT2D eigenvalue weighted by Gasteiger charge is -2.07. The van der Waals surface area contributed by atoms with E-state index in [1.54, 1.807) is 0 Å². The predicted octanol–water partition coefficient (Wildman–Crippen LogP) is 2.31. The lowest BCUT2D eigenvalue weighted by molar-refractivity contribution is 0.0698. The largest absolute Gasteiger partial charge is 0.478 e. The van der Waals surface area contributed by atoms with E-state index in [1.165, 1.54) is 12.3 Å². The van der Waals surface area contributed by atoms with Gasteiger partial charge in [-0.1, -0.05) is 0 Å². The number of aromatic nitrogens is 1. The van der Waals surface area contributed by atoms with Crippen molar-refractivity contribution in [1.29, 1.82) is 0 Å². The molecule has 2 N–H and O–H groups in total. The van der Waals surface area contributed by atoms with Crippen LogP contribution in [0.3, 0.4) is 0 Å². The minimum absolute atomic E-state index is 0.0605. The van der Waals surface area contributed by atoms with Gasteiger partial charge in [0.2, 0.25) is 0 Å². The molecule has 0 aliphatic rings. The van der Waals surface area contributed by atoms with E-state index in [0.29, 0.717) is 6.07 Å². The first kappa shape index (κ1) is 13.6. The van der Waals surface area contributed by atoms with Crippen molar-refractivity contribution in [3.63, 3.8) is 0 Å². The second-order valence-corrected chi connectivity index (χ2v) is 3.84. The summed E-state index contributed by atoms with van der Waals surface area (Å²) in [6.07, 6.45) is 2.39. The average molecular weight is 278 g/mol. The monoisotopic (exact) mass is 278 g/mol. The highest BCUT2D eigenvalue weighted by atomic mass is 19.1. The van der Waals surface area contributed by atoms with Gasteiger partial charge in [0, 0.05) is 17.8 Å². The number of pyridine rings is 1. The molecule has 1 heterocycles. The topological polar surface area (TPSA) is 79.3 Å². The third-order valence-corrected chi connectivity index (χ3v) is 2.42. The molecule has 20 heavy (non-hydrogen) atoms. The van der Waals surface area contributed by atoms with Crippen molar-refractivity contribution in [2.45, 2.75) is 0 Å². The van der Waals surface area contributed by atoms with Crippen molar-refractivity contribution in [2.24, 2.45) is 0 Å². The number of aromatic carboxylic acids is 1. The van der Waals surface area contributed by atoms with Gasteiger partial charge in [-0.2, -0.15) is 0 Å². The van der Waals surface area contributed by atoms with Crippen LogP contribution in [0.1, 0.15) is 20.7 Å². The molecular formula is C13H8F2N2O3. The number of hydrogen-bond donors (Lipinski definition) is 2. The van der Waals surface area contributed by atoms with Crippen LogP contribution in [-0.4, -0.2) is 22.0 Å². The number of nitrogens with zero attached hydrogens (tertiary/aromatic N) is 1. The SMILES string of the molecule is O=C(Nc1cnccc1C(=O)O)c1cc(F)cc(F)c1. The van der Waals surface area contributed by atoms with Gasteiger partial charge in [-0.15, -0.1) is 0 Å². The fourth-order valence-corrected chi connectivity index (χ4v) is 1.56. The standard InChI is InChI=1S/C13H8F2N2O3/c14-8-3-7(4-9(15)5-8)12(18)17-11-6-16-2-1-10(11)13(19)20/h1-6H,(H,17,18)(H,19,20). The first-order valence-electron chi connectivity index (χ1n) is 5.42. The van der Waals surface area contributed by atoms with Crippen molar-refractivity contribution in [2.75, 3.05) is 5.32 Å². The summed E-state index contributed by atoms with van der Waals surface area (Å²) in [7, 11) is 0. The highest BCUT2D eigenvalue weighted by Crippen LogP contribution is 2.16. The van der Waals surface area contributed by atoms with Gasteiger partial charge < -0.3 is 10.4 Å². The zero-order valence-electron chi connectivity index (χ0n) is 9.93. The summed E-state index contributed by atoms with van der Waals surface area (Å²) in [5.74, 6) is -3.90. The van der Waals surface area contributed by atoms with Crippen molar-refractivity contribution in [3.05, 3.63) is 59.4 Å². The van der Waals surface area contributed by atoms with E-state index in [1.807, 2.05) is 0 Å². The number of hydrogen-bond acceptors (Lipinski definition) is 3. The Morgan fingerprint density at radius 2 is 1.80 bits per heavy atom. The molecule has 0 radical (unpaired) electrons. The van der Waals surface area contributed by atoms with E-state index < -0.39 is 23.5 Å². The van der Waals surface area contributed by atoms with Crippen LogP contribution >= 0.6 is 0 Å². The maximum absolute atomic E-state index is 13.0. The number of amides is 1. The number of carbonyl (C=O) groups excluding carboxylic acids is 1. The molecule has 0 bridgehead atoms. The molecule has 0 saturated heterocycles. The molecule has 7 heteroatoms. The number of carbonyl (C=O) groups is 2. The van der Waals surface area contributed by atoms with E-state index >= 15 is 0 Å². The number of benzene rings is 1. The summed E-state index contributed by atoms with van der Waals surface area (Å²) in [5, 5.41) is 11.2. The molecule has 0 fully saturated rings. The number of anilines is 1. The Labute approximate surface area is 111 Å². The van der Waals surface area contributed by atoms with Gasteiger partial charge in [-0.05, 0) is 18.2 Å². The average Bonchev–Trinajstić information content (AvgIpc) is 2.37. The first-order valence-corrected chi connectivity index (χ1v) is 5.42. The molecule has 0 aliphatic carbocycles. The molecule has 0 saturated carbocycles. The molecule has 0 aliphatic heterocycles. The Hall–Kier alpha value is -2.83. The number of carboxylic acids is 1. The number of halogens is 2. The van der Waals surface area contributed by atoms with Gasteiger partial charge in [0.1, 0.15) is 11.6 Å². The van der Waals surface area contributed by atoms with Gasteiger partial charge in [0.25, 0.3) is 5.91 Å². The molecule has 1 aromatic carbocycles. The van der Waals surface area contributed by atoms with Crippen molar-refractivity contribution < 1.29 is 23.5 Å². The zero-order valence-corrected chi connectivity index (χ0v) is 9.93. The molecule has 2 rings (SSSR count). The molecule has 0 unspecified atom stereocenters. The van der Waals surface area contributed by atoms with Crippen LogP contribution in [0.4, 0.5) is 14.5 Å². The third-order valence-electron chi connectivity index (χ3n) is 2.42. The lowest BCUT2D eigenvalue weighted by atomic mass is 10.1. The highest BCUT2D eigenvalue weighted by Gasteiger charge is 2.14. The molecule has 102 valence electrons. The quantitative estimate of drug-likeness (QED) is 0.903. The van der Waals surface area contributed by atoms with E-state index in [2.05, 4.69) is 10.3 Å². The van der Waals surface area contributed by atoms with Crippen LogP contribution in [0.2, 0.25) is 0 Å². The highest BCUT2D eigenvalue weighted by molar-refractivity contribution is 6.07. The molecule has 2 aromatic rings. The summed E-state index contributed by atoms with van der Waals surface area (Å²) >= 11 is 0. The minimum Gasteiger partial charge on any atom is -0.478 e. The molecule has 1 aromatic heterocycles. The number of rotatable bonds is 3. The van der Waals surface area contributed by atoms with Crippen LogP contribution in [0.5, 0.6) is 0 Å². The summed E-state index contributed by atoms with van der Waals surface area (Å²) in [6.45, 7) is 0. The Bertz CT molecular complexity index is 669. The maximum atomic E-state index is 13.0. The zero-order chi connectivity index (χ0) is 14.7. The Morgan fingerprint density at radius 1 is 1.15 bits per heavy atom. The normalized spacial score (nSPS) is 10.1. The van der Waals surface area contributed by atoms with E-state index in [-0.39, 0.29) is 16.8 Å². The maximum Gasteiger partial charge on any atom is 0.337 e. The second-order valence-electron chi connectivity index (χ2n) is 3.84. The smallest absolute Gasteiger partial charge is 0.337 e. The molecule has 1 amide bonds. The van der Waals surface area contributed by atoms with Gasteiger partial charge in [-0.25, -0.2) is 13.6 Å². The number of carboxylic acid groups (broad SMARTS) is 1. The summed E-state index contributed by atoms with van der Waals surface area (Å²) in [5.41, 5.74) is -0.498. The van der Waals surface area contributed by atoms with Crippen LogP contribution in [-0.2, 0) is 0 Å². The van der Waals surface area contributed by atoms with Crippen molar-refractivity contribution in [1.82, 2.24) is 4.98 Å². The predicted molar refractivity (Wildman–Crippen MR) is 65.5 cm³/mol. The third kappa shape index (κ3) is 2.94. The van der Waals surface area contributed by atoms with Gasteiger partial charge in [0.15, 0.2) is 0 Å². The molecule has 0 spiro atoms. The van der Waals surface area contributed by atoms with Crippen LogP contribution in [0.25, 0.3) is 0 Å². The van der Waals surface area contributed by atoms with E-state index in [4.69, 9.17) is 5.11 Å².